The number of hydrogen-bond acceptors (Lipinski definition) is 3. The second-order valence-corrected chi connectivity index (χ2v) is 3.67. The summed E-state index contributed by atoms with van der Waals surface area (Å²) in [5, 5.41) is 15.7. The lowest BCUT2D eigenvalue weighted by atomic mass is 10.1. The Morgan fingerprint density at radius 2 is 1.93 bits per heavy atom. The number of halogens is 1. The lowest BCUT2D eigenvalue weighted by Gasteiger charge is -2.00. The number of carboxylic acid groups (broad SMARTS) is 1. The Balaban J connectivity index is 0.00000196. The third-order valence-corrected chi connectivity index (χ3v) is 2.38. The van der Waals surface area contributed by atoms with Gasteiger partial charge in [0, 0.05) is 5.75 Å². The average molecular weight is 247 g/mol. The predicted octanol–water partition coefficient (Wildman–Crippen LogP) is 1.93. The Hall–Kier alpha value is -1.20. The molecule has 1 aromatic carbocycles. The summed E-state index contributed by atoms with van der Waals surface area (Å²) in [5.41, 5.74) is 6.39. The summed E-state index contributed by atoms with van der Waals surface area (Å²) in [6, 6.07) is 6.52. The minimum atomic E-state index is -0.934. The Labute approximate surface area is 97.8 Å². The number of amidine groups is 1. The summed E-state index contributed by atoms with van der Waals surface area (Å²) in [6.45, 7) is 0. The zero-order chi connectivity index (χ0) is 10.6. The highest BCUT2D eigenvalue weighted by molar-refractivity contribution is 8.13. The summed E-state index contributed by atoms with van der Waals surface area (Å²) in [4.78, 5) is 10.5. The maximum atomic E-state index is 10.5. The van der Waals surface area contributed by atoms with Gasteiger partial charge >= 0.3 is 5.97 Å². The molecule has 0 aromatic heterocycles. The minimum absolute atomic E-state index is 0. The lowest BCUT2D eigenvalue weighted by Crippen LogP contribution is -2.03. The van der Waals surface area contributed by atoms with Crippen molar-refractivity contribution in [2.24, 2.45) is 5.73 Å². The first-order valence-corrected chi connectivity index (χ1v) is 4.87. The Bertz CT molecular complexity index is 354. The van der Waals surface area contributed by atoms with Crippen LogP contribution in [0.15, 0.2) is 24.3 Å². The SMILES string of the molecule is Cl.N=C(N)SCc1ccc(C(=O)O)cc1. The first kappa shape index (κ1) is 13.8. The second kappa shape index (κ2) is 6.31. The van der Waals surface area contributed by atoms with Gasteiger partial charge in [-0.1, -0.05) is 23.9 Å². The first-order chi connectivity index (χ1) is 6.59. The van der Waals surface area contributed by atoms with E-state index in [1.54, 1.807) is 24.3 Å². The van der Waals surface area contributed by atoms with Crippen molar-refractivity contribution >= 4 is 35.3 Å². The molecular formula is C9H11ClN2O2S. The van der Waals surface area contributed by atoms with Crippen molar-refractivity contribution in [2.75, 3.05) is 0 Å². The van der Waals surface area contributed by atoms with Gasteiger partial charge in [0.1, 0.15) is 0 Å². The van der Waals surface area contributed by atoms with E-state index in [2.05, 4.69) is 0 Å². The van der Waals surface area contributed by atoms with E-state index in [9.17, 15) is 4.79 Å². The number of carboxylic acids is 1. The van der Waals surface area contributed by atoms with Crippen LogP contribution in [0.25, 0.3) is 0 Å². The van der Waals surface area contributed by atoms with Crippen LogP contribution in [0.1, 0.15) is 15.9 Å². The summed E-state index contributed by atoms with van der Waals surface area (Å²) in [6.07, 6.45) is 0. The van der Waals surface area contributed by atoms with E-state index in [0.717, 1.165) is 5.56 Å². The van der Waals surface area contributed by atoms with Gasteiger partial charge in [0.2, 0.25) is 0 Å². The van der Waals surface area contributed by atoms with Gasteiger partial charge in [-0.2, -0.15) is 0 Å². The van der Waals surface area contributed by atoms with Crippen molar-refractivity contribution in [1.29, 1.82) is 5.41 Å². The molecule has 0 heterocycles. The highest BCUT2D eigenvalue weighted by Gasteiger charge is 2.01. The van der Waals surface area contributed by atoms with Crippen molar-refractivity contribution in [3.8, 4) is 0 Å². The quantitative estimate of drug-likeness (QED) is 0.562. The molecule has 0 atom stereocenters. The fourth-order valence-electron chi connectivity index (χ4n) is 0.905. The van der Waals surface area contributed by atoms with Gasteiger partial charge in [0.25, 0.3) is 0 Å². The van der Waals surface area contributed by atoms with Crippen LogP contribution in [-0.2, 0) is 5.75 Å². The fourth-order valence-corrected chi connectivity index (χ4v) is 1.42. The summed E-state index contributed by atoms with van der Waals surface area (Å²) >= 11 is 1.21. The number of hydrogen-bond donors (Lipinski definition) is 3. The highest BCUT2D eigenvalue weighted by Crippen LogP contribution is 2.12. The molecule has 0 saturated heterocycles. The molecule has 0 amide bonds. The van der Waals surface area contributed by atoms with Gasteiger partial charge < -0.3 is 10.8 Å². The van der Waals surface area contributed by atoms with Crippen molar-refractivity contribution in [1.82, 2.24) is 0 Å². The van der Waals surface area contributed by atoms with Gasteiger partial charge in [0.15, 0.2) is 5.17 Å². The van der Waals surface area contributed by atoms with Crippen LogP contribution >= 0.6 is 24.2 Å². The van der Waals surface area contributed by atoms with Gasteiger partial charge in [-0.05, 0) is 17.7 Å². The molecule has 0 aliphatic heterocycles. The molecule has 0 bridgehead atoms. The van der Waals surface area contributed by atoms with Gasteiger partial charge in [-0.3, -0.25) is 5.41 Å². The third-order valence-electron chi connectivity index (χ3n) is 1.60. The zero-order valence-corrected chi connectivity index (χ0v) is 9.40. The number of benzene rings is 1. The first-order valence-electron chi connectivity index (χ1n) is 3.88. The molecule has 15 heavy (non-hydrogen) atoms. The predicted molar refractivity (Wildman–Crippen MR) is 63.9 cm³/mol. The van der Waals surface area contributed by atoms with Crippen molar-refractivity contribution in [3.63, 3.8) is 0 Å². The molecular weight excluding hydrogens is 236 g/mol. The fraction of sp³-hybridized carbons (Fsp3) is 0.111. The smallest absolute Gasteiger partial charge is 0.335 e. The molecule has 82 valence electrons. The minimum Gasteiger partial charge on any atom is -0.478 e. The Morgan fingerprint density at radius 3 is 2.33 bits per heavy atom. The zero-order valence-electron chi connectivity index (χ0n) is 7.77. The topological polar surface area (TPSA) is 87.2 Å². The van der Waals surface area contributed by atoms with E-state index in [4.69, 9.17) is 16.2 Å². The number of nitrogens with two attached hydrogens (primary N) is 1. The van der Waals surface area contributed by atoms with Crippen LogP contribution in [-0.4, -0.2) is 16.2 Å². The number of carbonyl (C=O) groups is 1. The van der Waals surface area contributed by atoms with Gasteiger partial charge in [-0.25, -0.2) is 4.79 Å². The molecule has 1 rings (SSSR count). The Morgan fingerprint density at radius 1 is 1.40 bits per heavy atom. The van der Waals surface area contributed by atoms with Crippen LogP contribution in [0.4, 0.5) is 0 Å². The van der Waals surface area contributed by atoms with Gasteiger partial charge in [0.05, 0.1) is 5.56 Å². The largest absolute Gasteiger partial charge is 0.478 e. The van der Waals surface area contributed by atoms with Crippen molar-refractivity contribution in [2.45, 2.75) is 5.75 Å². The molecule has 0 aliphatic carbocycles. The van der Waals surface area contributed by atoms with Gasteiger partial charge in [-0.15, -0.1) is 12.4 Å². The second-order valence-electron chi connectivity index (χ2n) is 2.66. The van der Waals surface area contributed by atoms with E-state index in [1.165, 1.54) is 11.8 Å². The highest BCUT2D eigenvalue weighted by atomic mass is 35.5. The van der Waals surface area contributed by atoms with Crippen LogP contribution in [0.3, 0.4) is 0 Å². The number of aromatic carboxylic acids is 1. The van der Waals surface area contributed by atoms with Crippen molar-refractivity contribution in [3.05, 3.63) is 35.4 Å². The normalized spacial score (nSPS) is 9.07. The molecule has 0 aliphatic rings. The molecule has 6 heteroatoms. The molecule has 4 nitrogen and oxygen atoms in total. The molecule has 0 spiro atoms. The molecule has 0 radical (unpaired) electrons. The Kier molecular flexibility index (Phi) is 5.81. The molecule has 1 aromatic rings. The van der Waals surface area contributed by atoms with Crippen LogP contribution in [0, 0.1) is 5.41 Å². The van der Waals surface area contributed by atoms with E-state index in [-0.39, 0.29) is 23.1 Å². The molecule has 0 saturated carbocycles. The molecule has 4 N–H and O–H groups in total. The number of nitrogens with one attached hydrogen (secondary N) is 1. The monoisotopic (exact) mass is 246 g/mol. The van der Waals surface area contributed by atoms with Crippen molar-refractivity contribution < 1.29 is 9.90 Å². The summed E-state index contributed by atoms with van der Waals surface area (Å²) < 4.78 is 0. The number of thioether (sulfide) groups is 1. The van der Waals surface area contributed by atoms with Crippen LogP contribution < -0.4 is 5.73 Å². The average Bonchev–Trinajstić information content (AvgIpc) is 2.15. The van der Waals surface area contributed by atoms with E-state index in [0.29, 0.717) is 5.75 Å². The summed E-state index contributed by atoms with van der Waals surface area (Å²) in [5.74, 6) is -0.342. The standard InChI is InChI=1S/C9H10N2O2S.ClH/c10-9(11)14-5-6-1-3-7(4-2-6)8(12)13;/h1-4H,5H2,(H3,10,11)(H,12,13);1H. The van der Waals surface area contributed by atoms with E-state index >= 15 is 0 Å². The molecule has 0 unspecified atom stereocenters. The van der Waals surface area contributed by atoms with E-state index in [1.807, 2.05) is 0 Å². The van der Waals surface area contributed by atoms with E-state index < -0.39 is 5.97 Å². The third kappa shape index (κ3) is 4.71. The molecule has 0 fully saturated rings. The van der Waals surface area contributed by atoms with Crippen LogP contribution in [0.2, 0.25) is 0 Å². The maximum Gasteiger partial charge on any atom is 0.335 e. The lowest BCUT2D eigenvalue weighted by molar-refractivity contribution is 0.0697. The van der Waals surface area contributed by atoms with Crippen LogP contribution in [0.5, 0.6) is 0 Å². The summed E-state index contributed by atoms with van der Waals surface area (Å²) in [7, 11) is 0. The number of rotatable bonds is 3. The maximum absolute atomic E-state index is 10.5.